The normalized spacial score (nSPS) is 10.6. The fourth-order valence-electron chi connectivity index (χ4n) is 1.51. The van der Waals surface area contributed by atoms with Crippen LogP contribution in [-0.2, 0) is 4.79 Å². The van der Waals surface area contributed by atoms with E-state index in [0.717, 1.165) is 0 Å². The molecule has 5 nitrogen and oxygen atoms in total. The molecule has 5 heteroatoms. The van der Waals surface area contributed by atoms with Crippen LogP contribution in [0.2, 0.25) is 0 Å². The second-order valence-electron chi connectivity index (χ2n) is 3.79. The van der Waals surface area contributed by atoms with E-state index in [9.17, 15) is 9.59 Å². The number of oxazole rings is 1. The van der Waals surface area contributed by atoms with E-state index >= 15 is 0 Å². The number of aryl methyl sites for hydroxylation is 1. The Balaban J connectivity index is 2.21. The lowest BCUT2D eigenvalue weighted by Gasteiger charge is -2.06. The zero-order chi connectivity index (χ0) is 13.7. The molecule has 1 amide bonds. The molecule has 19 heavy (non-hydrogen) atoms. The highest BCUT2D eigenvalue weighted by atomic mass is 16.4. The molecule has 1 radical (unpaired) electrons. The maximum absolute atomic E-state index is 11.9. The number of aromatic nitrogens is 1. The zero-order valence-corrected chi connectivity index (χ0v) is 10.2. The molecule has 1 N–H and O–H groups in total. The molecule has 1 heterocycles. The highest BCUT2D eigenvalue weighted by molar-refractivity contribution is 6.02. The Morgan fingerprint density at radius 3 is 2.89 bits per heavy atom. The fourth-order valence-corrected chi connectivity index (χ4v) is 1.51. The molecular weight excluding hydrogens is 244 g/mol. The van der Waals surface area contributed by atoms with Gasteiger partial charge in [0.1, 0.15) is 6.26 Å². The predicted molar refractivity (Wildman–Crippen MR) is 70.4 cm³/mol. The number of rotatable bonds is 4. The summed E-state index contributed by atoms with van der Waals surface area (Å²) in [5, 5.41) is 2.67. The van der Waals surface area contributed by atoms with Crippen LogP contribution in [-0.4, -0.2) is 17.2 Å². The van der Waals surface area contributed by atoms with Gasteiger partial charge in [0.15, 0.2) is 0 Å². The Kier molecular flexibility index (Phi) is 3.87. The van der Waals surface area contributed by atoms with Gasteiger partial charge in [-0.25, -0.2) is 4.98 Å². The topological polar surface area (TPSA) is 72.2 Å². The van der Waals surface area contributed by atoms with E-state index in [1.165, 1.54) is 12.3 Å². The Morgan fingerprint density at radius 2 is 2.21 bits per heavy atom. The third-order valence-electron chi connectivity index (χ3n) is 2.35. The van der Waals surface area contributed by atoms with Gasteiger partial charge < -0.3 is 9.73 Å². The van der Waals surface area contributed by atoms with Gasteiger partial charge in [0.25, 0.3) is 5.89 Å². The van der Waals surface area contributed by atoms with Crippen molar-refractivity contribution in [3.8, 4) is 0 Å². The molecule has 0 saturated carbocycles. The average molecular weight is 255 g/mol. The first-order valence-corrected chi connectivity index (χ1v) is 5.57. The molecule has 1 aromatic carbocycles. The first-order chi connectivity index (χ1) is 9.20. The minimum Gasteiger partial charge on any atom is -0.441 e. The summed E-state index contributed by atoms with van der Waals surface area (Å²) in [4.78, 5) is 26.0. The number of nitrogens with zero attached hydrogens (tertiary/aromatic N) is 1. The van der Waals surface area contributed by atoms with Gasteiger partial charge in [-0.05, 0) is 30.7 Å². The third kappa shape index (κ3) is 3.16. The van der Waals surface area contributed by atoms with E-state index in [-0.39, 0.29) is 5.89 Å². The molecule has 0 bridgehead atoms. The van der Waals surface area contributed by atoms with Crippen LogP contribution in [0.25, 0.3) is 6.08 Å². The Bertz CT molecular complexity index is 629. The molecule has 0 aliphatic carbocycles. The number of amides is 1. The van der Waals surface area contributed by atoms with Gasteiger partial charge in [-0.15, -0.1) is 0 Å². The summed E-state index contributed by atoms with van der Waals surface area (Å²) in [6, 6.07) is 7.07. The number of para-hydroxylation sites is 1. The zero-order valence-electron chi connectivity index (χ0n) is 10.2. The van der Waals surface area contributed by atoms with Gasteiger partial charge in [-0.1, -0.05) is 18.2 Å². The van der Waals surface area contributed by atoms with E-state index < -0.39 is 5.91 Å². The van der Waals surface area contributed by atoms with Crippen LogP contribution in [0.5, 0.6) is 0 Å². The van der Waals surface area contributed by atoms with Crippen molar-refractivity contribution in [3.05, 3.63) is 53.8 Å². The average Bonchev–Trinajstić information content (AvgIpc) is 2.84. The van der Waals surface area contributed by atoms with Crippen molar-refractivity contribution in [1.29, 1.82) is 0 Å². The lowest BCUT2D eigenvalue weighted by atomic mass is 10.1. The number of allylic oxidation sites excluding steroid dienone is 1. The smallest absolute Gasteiger partial charge is 0.311 e. The lowest BCUT2D eigenvalue weighted by Crippen LogP contribution is -2.13. The molecule has 0 unspecified atom stereocenters. The minimum atomic E-state index is -0.441. The number of hydrogen-bond acceptors (Lipinski definition) is 4. The van der Waals surface area contributed by atoms with Gasteiger partial charge in [0.05, 0.1) is 5.69 Å². The van der Waals surface area contributed by atoms with Gasteiger partial charge in [0, 0.05) is 5.69 Å². The summed E-state index contributed by atoms with van der Waals surface area (Å²) in [6.45, 7) is 1.73. The molecule has 0 spiro atoms. The summed E-state index contributed by atoms with van der Waals surface area (Å²) in [6.07, 6.45) is 5.86. The molecule has 95 valence electrons. The number of anilines is 1. The fraction of sp³-hybridized carbons (Fsp3) is 0.0714. The highest BCUT2D eigenvalue weighted by Crippen LogP contribution is 2.17. The Hall–Kier alpha value is -2.69. The molecule has 2 aromatic rings. The predicted octanol–water partition coefficient (Wildman–Crippen LogP) is 2.36. The van der Waals surface area contributed by atoms with Crippen LogP contribution < -0.4 is 5.32 Å². The van der Waals surface area contributed by atoms with Crippen LogP contribution in [0.3, 0.4) is 0 Å². The number of hydrogen-bond donors (Lipinski definition) is 1. The summed E-state index contributed by atoms with van der Waals surface area (Å²) in [5.41, 5.74) is 1.89. The largest absolute Gasteiger partial charge is 0.441 e. The molecule has 0 fully saturated rings. The summed E-state index contributed by atoms with van der Waals surface area (Å²) < 4.78 is 5.02. The van der Waals surface area contributed by atoms with E-state index in [1.807, 2.05) is 0 Å². The van der Waals surface area contributed by atoms with E-state index in [4.69, 9.17) is 4.42 Å². The van der Waals surface area contributed by atoms with Crippen molar-refractivity contribution in [2.24, 2.45) is 0 Å². The molecule has 0 aliphatic rings. The van der Waals surface area contributed by atoms with Crippen LogP contribution >= 0.6 is 0 Å². The van der Waals surface area contributed by atoms with Gasteiger partial charge in [0.2, 0.25) is 6.29 Å². The van der Waals surface area contributed by atoms with Crippen molar-refractivity contribution in [3.63, 3.8) is 0 Å². The quantitative estimate of drug-likeness (QED) is 0.851. The third-order valence-corrected chi connectivity index (χ3v) is 2.35. The van der Waals surface area contributed by atoms with Crippen LogP contribution in [0.15, 0.2) is 41.0 Å². The standard InChI is InChI=1S/C14H11N2O3/c1-10-9-19-14(15-10)13(18)16-12-7-3-2-5-11(12)6-4-8-17/h2-7,9H,1H3,(H,16,18)/b6-4+. The van der Waals surface area contributed by atoms with Crippen molar-refractivity contribution >= 4 is 24.0 Å². The highest BCUT2D eigenvalue weighted by Gasteiger charge is 2.13. The van der Waals surface area contributed by atoms with Gasteiger partial charge >= 0.3 is 5.91 Å². The van der Waals surface area contributed by atoms with Crippen molar-refractivity contribution in [1.82, 2.24) is 4.98 Å². The molecule has 2 rings (SSSR count). The van der Waals surface area contributed by atoms with Gasteiger partial charge in [-0.2, -0.15) is 0 Å². The number of benzene rings is 1. The summed E-state index contributed by atoms with van der Waals surface area (Å²) in [7, 11) is 0. The van der Waals surface area contributed by atoms with Gasteiger partial charge in [-0.3, -0.25) is 9.59 Å². The van der Waals surface area contributed by atoms with Crippen molar-refractivity contribution in [2.45, 2.75) is 6.92 Å². The van der Waals surface area contributed by atoms with Crippen LogP contribution in [0.4, 0.5) is 5.69 Å². The first kappa shape index (κ1) is 12.8. The monoisotopic (exact) mass is 255 g/mol. The number of nitrogens with one attached hydrogen (secondary N) is 1. The maximum Gasteiger partial charge on any atom is 0.311 e. The molecule has 0 atom stereocenters. The van der Waals surface area contributed by atoms with E-state index in [0.29, 0.717) is 16.9 Å². The lowest BCUT2D eigenvalue weighted by molar-refractivity contribution is 0.0990. The van der Waals surface area contributed by atoms with E-state index in [2.05, 4.69) is 10.3 Å². The first-order valence-electron chi connectivity index (χ1n) is 5.57. The summed E-state index contributed by atoms with van der Waals surface area (Å²) >= 11 is 0. The molecule has 0 saturated heterocycles. The van der Waals surface area contributed by atoms with Crippen molar-refractivity contribution in [2.75, 3.05) is 5.32 Å². The van der Waals surface area contributed by atoms with Crippen molar-refractivity contribution < 1.29 is 14.0 Å². The Labute approximate surface area is 110 Å². The minimum absolute atomic E-state index is 0.00164. The van der Waals surface area contributed by atoms with E-state index in [1.54, 1.807) is 43.6 Å². The maximum atomic E-state index is 11.9. The number of carbonyl (C=O) groups excluding carboxylic acids is 2. The molecule has 1 aromatic heterocycles. The van der Waals surface area contributed by atoms with Crippen LogP contribution in [0, 0.1) is 6.92 Å². The second kappa shape index (κ2) is 5.77. The van der Waals surface area contributed by atoms with Crippen LogP contribution in [0.1, 0.15) is 21.9 Å². The molecular formula is C14H11N2O3. The molecule has 0 aliphatic heterocycles. The summed E-state index contributed by atoms with van der Waals surface area (Å²) in [5.74, 6) is -0.442. The second-order valence-corrected chi connectivity index (χ2v) is 3.79. The Morgan fingerprint density at radius 1 is 1.42 bits per heavy atom. The SMILES string of the molecule is Cc1coc(C(=O)Nc2ccccc2/C=C/[C]=O)n1. The number of carbonyl (C=O) groups is 1.